The number of amides is 1. The largest absolute Gasteiger partial charge is 0.508 e. The number of Topliss-reactive ketones (excluding diaryl/α,β-unsaturated/α-hetero) is 2. The molecular weight excluding hydrogens is 538 g/mol. The van der Waals surface area contributed by atoms with E-state index in [1.807, 2.05) is 50.2 Å². The van der Waals surface area contributed by atoms with Gasteiger partial charge in [0.05, 0.1) is 11.6 Å². The van der Waals surface area contributed by atoms with Crippen molar-refractivity contribution in [2.75, 3.05) is 14.1 Å². The lowest BCUT2D eigenvalue weighted by atomic mass is 9.54. The summed E-state index contributed by atoms with van der Waals surface area (Å²) in [6.07, 6.45) is 1.48. The number of rotatable bonds is 3. The standard InChI is InChI=1S/C30H27N3O7.C2H6/c1-33(2)23-17-12-16-18(13-7-4-3-5-8-13)15-11-14-9-6-10-32-22(14)25(35)19(15)24(34)20(16)27(37)30(17,40)28(38)21(26(23)36)29(31)39;1-2/h3-11,16-18,23,34-35,38,40H,12H2,1-2H3,(H2,31,39);1-2H3/t16-,17+,18+,23+,30+;/m1./s1. The molecule has 3 aliphatic rings. The van der Waals surface area contributed by atoms with Crippen LogP contribution in [0.25, 0.3) is 16.7 Å². The van der Waals surface area contributed by atoms with Crippen molar-refractivity contribution in [1.82, 2.24) is 9.88 Å². The van der Waals surface area contributed by atoms with Crippen LogP contribution in [0.4, 0.5) is 0 Å². The predicted octanol–water partition coefficient (Wildman–Crippen LogP) is 3.13. The Balaban J connectivity index is 0.00000173. The second kappa shape index (κ2) is 10.4. The highest BCUT2D eigenvalue weighted by Crippen LogP contribution is 2.58. The van der Waals surface area contributed by atoms with Crippen LogP contribution >= 0.6 is 0 Å². The smallest absolute Gasteiger partial charge is 0.255 e. The van der Waals surface area contributed by atoms with Crippen molar-refractivity contribution in [3.05, 3.63) is 88.3 Å². The van der Waals surface area contributed by atoms with Crippen molar-refractivity contribution in [2.24, 2.45) is 17.6 Å². The number of likely N-dealkylation sites (N-methyl/N-ethyl adjacent to an activating group) is 1. The third kappa shape index (κ3) is 3.86. The third-order valence-electron chi connectivity index (χ3n) is 8.59. The van der Waals surface area contributed by atoms with Gasteiger partial charge in [-0.25, -0.2) is 0 Å². The van der Waals surface area contributed by atoms with Gasteiger partial charge in [0.25, 0.3) is 5.91 Å². The van der Waals surface area contributed by atoms with Crippen LogP contribution in [0.1, 0.15) is 42.9 Å². The summed E-state index contributed by atoms with van der Waals surface area (Å²) in [6, 6.07) is 13.4. The third-order valence-corrected chi connectivity index (χ3v) is 8.59. The van der Waals surface area contributed by atoms with Crippen LogP contribution in [0.2, 0.25) is 0 Å². The van der Waals surface area contributed by atoms with E-state index in [-0.39, 0.29) is 28.8 Å². The molecule has 0 aliphatic heterocycles. The number of phenols is 1. The fourth-order valence-corrected chi connectivity index (χ4v) is 6.95. The maximum atomic E-state index is 14.3. The van der Waals surface area contributed by atoms with Gasteiger partial charge in [0.2, 0.25) is 5.78 Å². The molecule has 0 unspecified atom stereocenters. The number of pyridine rings is 1. The Kier molecular flexibility index (Phi) is 7.16. The van der Waals surface area contributed by atoms with Gasteiger partial charge in [-0.1, -0.05) is 50.2 Å². The molecule has 42 heavy (non-hydrogen) atoms. The first kappa shape index (κ1) is 29.0. The second-order valence-electron chi connectivity index (χ2n) is 10.8. The molecule has 3 aliphatic carbocycles. The highest BCUT2D eigenvalue weighted by atomic mass is 16.3. The quantitative estimate of drug-likeness (QED) is 0.296. The number of aromatic nitrogens is 1. The molecule has 1 amide bonds. The van der Waals surface area contributed by atoms with Gasteiger partial charge in [-0.15, -0.1) is 0 Å². The lowest BCUT2D eigenvalue weighted by Crippen LogP contribution is -2.66. The minimum atomic E-state index is -2.71. The number of nitrogens with zero attached hydrogens (tertiary/aromatic N) is 2. The minimum absolute atomic E-state index is 0.00339. The van der Waals surface area contributed by atoms with Gasteiger partial charge in [0.15, 0.2) is 17.1 Å². The lowest BCUT2D eigenvalue weighted by molar-refractivity contribution is -0.154. The maximum absolute atomic E-state index is 14.3. The van der Waals surface area contributed by atoms with Gasteiger partial charge >= 0.3 is 0 Å². The number of fused-ring (bicyclic) bond motifs is 4. The Labute approximate surface area is 242 Å². The predicted molar refractivity (Wildman–Crippen MR) is 155 cm³/mol. The van der Waals surface area contributed by atoms with Gasteiger partial charge in [-0.3, -0.25) is 24.3 Å². The van der Waals surface area contributed by atoms with Crippen molar-refractivity contribution < 1.29 is 34.8 Å². The fraction of sp³-hybridized carbons (Fsp3) is 0.312. The molecule has 10 heteroatoms. The molecule has 0 saturated heterocycles. The van der Waals surface area contributed by atoms with E-state index in [1.165, 1.54) is 11.1 Å². The van der Waals surface area contributed by atoms with Crippen molar-refractivity contribution in [3.8, 4) is 5.75 Å². The number of phenolic OH excluding ortho intramolecular Hbond substituents is 1. The van der Waals surface area contributed by atoms with Crippen LogP contribution in [-0.2, 0) is 14.4 Å². The number of aromatic hydroxyl groups is 1. The molecule has 218 valence electrons. The first-order chi connectivity index (χ1) is 20.0. The van der Waals surface area contributed by atoms with E-state index in [4.69, 9.17) is 5.73 Å². The SMILES string of the molecule is CC.CN(C)[C@@H]1C(=O)C(C(N)=O)=C(O)[C@@]2(O)C(=O)C3=C(O)c4c(cc5cccnc5c4O)[C@H](c4ccccc4)[C@H]3C[C@@H]12. The average molecular weight is 572 g/mol. The highest BCUT2D eigenvalue weighted by molar-refractivity contribution is 6.24. The summed E-state index contributed by atoms with van der Waals surface area (Å²) in [7, 11) is 3.14. The number of carbonyl (C=O) groups is 3. The molecule has 5 atom stereocenters. The summed E-state index contributed by atoms with van der Waals surface area (Å²) < 4.78 is 0. The Hall–Kier alpha value is -4.54. The topological polar surface area (TPSA) is 174 Å². The van der Waals surface area contributed by atoms with Crippen LogP contribution in [0, 0.1) is 11.8 Å². The summed E-state index contributed by atoms with van der Waals surface area (Å²) in [5.74, 6) is -7.64. The van der Waals surface area contributed by atoms with Gasteiger partial charge < -0.3 is 26.2 Å². The number of nitrogens with two attached hydrogens (primary N) is 1. The Morgan fingerprint density at radius 1 is 1.05 bits per heavy atom. The van der Waals surface area contributed by atoms with Gasteiger partial charge in [0, 0.05) is 34.9 Å². The van der Waals surface area contributed by atoms with Crippen LogP contribution in [0.3, 0.4) is 0 Å². The number of primary amides is 1. The van der Waals surface area contributed by atoms with Crippen LogP contribution in [0.5, 0.6) is 5.75 Å². The van der Waals surface area contributed by atoms with E-state index in [9.17, 15) is 34.8 Å². The zero-order valence-corrected chi connectivity index (χ0v) is 23.7. The Morgan fingerprint density at radius 2 is 1.71 bits per heavy atom. The molecule has 1 heterocycles. The summed E-state index contributed by atoms with van der Waals surface area (Å²) in [5, 5.41) is 46.6. The number of carbonyl (C=O) groups excluding carboxylic acids is 3. The molecular formula is C32H33N3O7. The molecule has 3 aromatic rings. The molecule has 1 aromatic heterocycles. The first-order valence-electron chi connectivity index (χ1n) is 13.8. The number of aliphatic hydroxyl groups is 3. The van der Waals surface area contributed by atoms with Crippen LogP contribution in [0.15, 0.2) is 71.6 Å². The average Bonchev–Trinajstić information content (AvgIpc) is 2.96. The molecule has 0 radical (unpaired) electrons. The summed E-state index contributed by atoms with van der Waals surface area (Å²) in [6.45, 7) is 4.00. The second-order valence-corrected chi connectivity index (χ2v) is 10.8. The van der Waals surface area contributed by atoms with Crippen LogP contribution in [-0.4, -0.2) is 73.5 Å². The van der Waals surface area contributed by atoms with Crippen LogP contribution < -0.4 is 5.73 Å². The molecule has 10 nitrogen and oxygen atoms in total. The van der Waals surface area contributed by atoms with Gasteiger partial charge in [0.1, 0.15) is 22.6 Å². The van der Waals surface area contributed by atoms with Gasteiger partial charge in [-0.05, 0) is 43.8 Å². The Bertz CT molecular complexity index is 1690. The molecule has 1 fully saturated rings. The number of hydrogen-bond donors (Lipinski definition) is 5. The van der Waals surface area contributed by atoms with E-state index < -0.39 is 64.0 Å². The normalized spacial score (nSPS) is 26.8. The maximum Gasteiger partial charge on any atom is 0.255 e. The summed E-state index contributed by atoms with van der Waals surface area (Å²) in [4.78, 5) is 45.7. The number of hydrogen-bond acceptors (Lipinski definition) is 9. The molecule has 2 aromatic carbocycles. The molecule has 6 rings (SSSR count). The molecule has 1 saturated carbocycles. The monoisotopic (exact) mass is 571 g/mol. The molecule has 0 spiro atoms. The number of ketones is 2. The highest BCUT2D eigenvalue weighted by Gasteiger charge is 2.65. The van der Waals surface area contributed by atoms with Crippen molar-refractivity contribution >= 4 is 34.1 Å². The zero-order chi connectivity index (χ0) is 30.7. The Morgan fingerprint density at radius 3 is 2.33 bits per heavy atom. The summed E-state index contributed by atoms with van der Waals surface area (Å²) >= 11 is 0. The minimum Gasteiger partial charge on any atom is -0.508 e. The lowest BCUT2D eigenvalue weighted by Gasteiger charge is -2.51. The zero-order valence-electron chi connectivity index (χ0n) is 23.7. The fourth-order valence-electron chi connectivity index (χ4n) is 6.95. The van der Waals surface area contributed by atoms with E-state index in [2.05, 4.69) is 4.98 Å². The number of benzene rings is 2. The van der Waals surface area contributed by atoms with Crippen molar-refractivity contribution in [3.63, 3.8) is 0 Å². The van der Waals surface area contributed by atoms with Crippen molar-refractivity contribution in [1.29, 1.82) is 0 Å². The first-order valence-corrected chi connectivity index (χ1v) is 13.8. The summed E-state index contributed by atoms with van der Waals surface area (Å²) in [5.41, 5.74) is 3.18. The molecule has 6 N–H and O–H groups in total. The van der Waals surface area contributed by atoms with Crippen molar-refractivity contribution in [2.45, 2.75) is 37.8 Å². The van der Waals surface area contributed by atoms with E-state index >= 15 is 0 Å². The molecule has 0 bridgehead atoms. The number of aliphatic hydroxyl groups excluding tert-OH is 2. The van der Waals surface area contributed by atoms with E-state index in [0.717, 1.165) is 5.56 Å². The van der Waals surface area contributed by atoms with Gasteiger partial charge in [-0.2, -0.15) is 0 Å². The van der Waals surface area contributed by atoms with E-state index in [0.29, 0.717) is 10.9 Å². The van der Waals surface area contributed by atoms with E-state index in [1.54, 1.807) is 26.2 Å².